The predicted molar refractivity (Wildman–Crippen MR) is 59.8 cm³/mol. The first-order chi connectivity index (χ1) is 6.76. The Morgan fingerprint density at radius 3 is 2.21 bits per heavy atom. The van der Waals surface area contributed by atoms with Crippen LogP contribution in [-0.2, 0) is 5.11 Å². The van der Waals surface area contributed by atoms with E-state index in [2.05, 4.69) is 13.8 Å². The molecule has 0 amide bonds. The van der Waals surface area contributed by atoms with E-state index in [1.54, 1.807) is 0 Å². The Kier molecular flexibility index (Phi) is 4.94. The molecule has 1 saturated carbocycles. The lowest BCUT2D eigenvalue weighted by Crippen LogP contribution is -2.30. The lowest BCUT2D eigenvalue weighted by Gasteiger charge is -2.38. The zero-order valence-corrected chi connectivity index (χ0v) is 9.85. The summed E-state index contributed by atoms with van der Waals surface area (Å²) in [5, 5.41) is 11.3. The molecule has 0 aliphatic heterocycles. The maximum atomic E-state index is 11.3. The Balaban J connectivity index is 2.38. The van der Waals surface area contributed by atoms with Gasteiger partial charge in [0.15, 0.2) is 0 Å². The van der Waals surface area contributed by atoms with Crippen LogP contribution in [0.5, 0.6) is 0 Å². The fourth-order valence-electron chi connectivity index (χ4n) is 2.98. The van der Waals surface area contributed by atoms with Gasteiger partial charge in [-0.05, 0) is 43.4 Å². The van der Waals surface area contributed by atoms with Gasteiger partial charge in [0, 0.05) is 0 Å². The van der Waals surface area contributed by atoms with E-state index in [1.165, 1.54) is 44.9 Å². The van der Waals surface area contributed by atoms with Crippen molar-refractivity contribution in [1.29, 1.82) is 0 Å². The number of hydrogen-bond acceptors (Lipinski definition) is 0. The summed E-state index contributed by atoms with van der Waals surface area (Å²) in [6, 6.07) is 0. The molecule has 1 nitrogen and oxygen atoms in total. The molecule has 83 valence electrons. The Hall–Kier alpha value is -0.0400. The molecule has 1 rings (SSSR count). The van der Waals surface area contributed by atoms with Crippen LogP contribution in [0.3, 0.4) is 0 Å². The third kappa shape index (κ3) is 2.98. The summed E-state index contributed by atoms with van der Waals surface area (Å²) in [5.74, 6) is 0.927. The maximum Gasteiger partial charge on any atom is 0.0878 e. The standard InChI is InChI=1S/C13H25O/c1-3-5-12-6-9-13(11-14,8-4-2)10-7-12/h12H,3-11H2,1-2H3. The van der Waals surface area contributed by atoms with Gasteiger partial charge in [0.25, 0.3) is 0 Å². The molecular formula is C13H25O. The molecule has 0 saturated heterocycles. The molecule has 0 aromatic rings. The van der Waals surface area contributed by atoms with Gasteiger partial charge in [-0.1, -0.05) is 33.1 Å². The van der Waals surface area contributed by atoms with Crippen molar-refractivity contribution in [2.75, 3.05) is 6.61 Å². The minimum atomic E-state index is 0.166. The van der Waals surface area contributed by atoms with Crippen molar-refractivity contribution in [3.63, 3.8) is 0 Å². The number of hydrogen-bond donors (Lipinski definition) is 0. The highest BCUT2D eigenvalue weighted by Gasteiger charge is 2.33. The van der Waals surface area contributed by atoms with Gasteiger partial charge >= 0.3 is 0 Å². The zero-order chi connectivity index (χ0) is 10.4. The summed E-state index contributed by atoms with van der Waals surface area (Å²) in [5.41, 5.74) is 0.193. The van der Waals surface area contributed by atoms with E-state index in [-0.39, 0.29) is 12.0 Å². The largest absolute Gasteiger partial charge is 0.236 e. The molecule has 0 bridgehead atoms. The van der Waals surface area contributed by atoms with Crippen molar-refractivity contribution in [1.82, 2.24) is 0 Å². The van der Waals surface area contributed by atoms with Crippen molar-refractivity contribution < 1.29 is 5.11 Å². The van der Waals surface area contributed by atoms with Crippen molar-refractivity contribution in [3.05, 3.63) is 0 Å². The first kappa shape index (κ1) is 12.0. The monoisotopic (exact) mass is 197 g/mol. The minimum absolute atomic E-state index is 0.166. The highest BCUT2D eigenvalue weighted by atomic mass is 16.3. The van der Waals surface area contributed by atoms with Crippen molar-refractivity contribution >= 4 is 0 Å². The van der Waals surface area contributed by atoms with Gasteiger partial charge < -0.3 is 0 Å². The van der Waals surface area contributed by atoms with Crippen LogP contribution in [0.2, 0.25) is 0 Å². The zero-order valence-electron chi connectivity index (χ0n) is 9.85. The van der Waals surface area contributed by atoms with Gasteiger partial charge in [0.05, 0.1) is 6.61 Å². The Morgan fingerprint density at radius 2 is 1.79 bits per heavy atom. The second kappa shape index (κ2) is 5.75. The van der Waals surface area contributed by atoms with Crippen LogP contribution >= 0.6 is 0 Å². The molecule has 0 N–H and O–H groups in total. The van der Waals surface area contributed by atoms with Crippen molar-refractivity contribution in [3.8, 4) is 0 Å². The van der Waals surface area contributed by atoms with Gasteiger partial charge in [-0.3, -0.25) is 0 Å². The Labute approximate surface area is 88.9 Å². The normalized spacial score (nSPS) is 33.2. The first-order valence-corrected chi connectivity index (χ1v) is 6.34. The Bertz CT molecular complexity index is 145. The van der Waals surface area contributed by atoms with E-state index >= 15 is 0 Å². The van der Waals surface area contributed by atoms with Crippen LogP contribution in [0, 0.1) is 11.3 Å². The minimum Gasteiger partial charge on any atom is -0.236 e. The topological polar surface area (TPSA) is 19.9 Å². The molecule has 14 heavy (non-hydrogen) atoms. The molecule has 1 aliphatic carbocycles. The maximum absolute atomic E-state index is 11.3. The van der Waals surface area contributed by atoms with E-state index in [4.69, 9.17) is 0 Å². The van der Waals surface area contributed by atoms with E-state index < -0.39 is 0 Å². The lowest BCUT2D eigenvalue weighted by molar-refractivity contribution is 0.0173. The van der Waals surface area contributed by atoms with E-state index in [9.17, 15) is 5.11 Å². The molecule has 0 atom stereocenters. The van der Waals surface area contributed by atoms with E-state index in [0.717, 1.165) is 12.3 Å². The molecule has 0 heterocycles. The Morgan fingerprint density at radius 1 is 1.14 bits per heavy atom. The molecule has 1 heteroatoms. The highest BCUT2D eigenvalue weighted by molar-refractivity contribution is 4.84. The third-order valence-electron chi connectivity index (χ3n) is 3.95. The molecule has 1 radical (unpaired) electrons. The average Bonchev–Trinajstić information content (AvgIpc) is 2.22. The van der Waals surface area contributed by atoms with Crippen LogP contribution in [0.25, 0.3) is 0 Å². The summed E-state index contributed by atoms with van der Waals surface area (Å²) in [7, 11) is 0. The van der Waals surface area contributed by atoms with Crippen LogP contribution in [0.15, 0.2) is 0 Å². The molecule has 0 spiro atoms. The summed E-state index contributed by atoms with van der Waals surface area (Å²) < 4.78 is 0. The fourth-order valence-corrected chi connectivity index (χ4v) is 2.98. The van der Waals surface area contributed by atoms with Crippen molar-refractivity contribution in [2.45, 2.75) is 65.2 Å². The van der Waals surface area contributed by atoms with Crippen LogP contribution in [0.1, 0.15) is 65.2 Å². The quantitative estimate of drug-likeness (QED) is 0.629. The molecule has 0 unspecified atom stereocenters. The molecule has 1 fully saturated rings. The first-order valence-electron chi connectivity index (χ1n) is 6.34. The third-order valence-corrected chi connectivity index (χ3v) is 3.95. The molecule has 0 aromatic carbocycles. The smallest absolute Gasteiger partial charge is 0.0878 e. The SMILES string of the molecule is CCCC1CCC(C[O])(CCC)CC1. The number of rotatable bonds is 5. The summed E-state index contributed by atoms with van der Waals surface area (Å²) in [4.78, 5) is 0. The molecular weight excluding hydrogens is 172 g/mol. The summed E-state index contributed by atoms with van der Waals surface area (Å²) in [6.45, 7) is 4.64. The van der Waals surface area contributed by atoms with Gasteiger partial charge in [0.1, 0.15) is 0 Å². The summed E-state index contributed by atoms with van der Waals surface area (Å²) in [6.07, 6.45) is 10.1. The van der Waals surface area contributed by atoms with Gasteiger partial charge in [-0.2, -0.15) is 0 Å². The second-order valence-electron chi connectivity index (χ2n) is 5.13. The van der Waals surface area contributed by atoms with E-state index in [1.807, 2.05) is 0 Å². The van der Waals surface area contributed by atoms with Crippen LogP contribution in [0.4, 0.5) is 0 Å². The van der Waals surface area contributed by atoms with Crippen LogP contribution < -0.4 is 0 Å². The van der Waals surface area contributed by atoms with Crippen molar-refractivity contribution in [2.24, 2.45) is 11.3 Å². The van der Waals surface area contributed by atoms with Gasteiger partial charge in [-0.15, -0.1) is 0 Å². The van der Waals surface area contributed by atoms with Crippen LogP contribution in [-0.4, -0.2) is 6.61 Å². The van der Waals surface area contributed by atoms with Gasteiger partial charge in [0.2, 0.25) is 0 Å². The lowest BCUT2D eigenvalue weighted by atomic mass is 9.68. The van der Waals surface area contributed by atoms with Gasteiger partial charge in [-0.25, -0.2) is 5.11 Å². The predicted octanol–water partition coefficient (Wildman–Crippen LogP) is 4.19. The average molecular weight is 197 g/mol. The highest BCUT2D eigenvalue weighted by Crippen LogP contribution is 2.43. The molecule has 0 aromatic heterocycles. The fraction of sp³-hybridized carbons (Fsp3) is 1.00. The molecule has 1 aliphatic rings. The summed E-state index contributed by atoms with van der Waals surface area (Å²) >= 11 is 0. The van der Waals surface area contributed by atoms with E-state index in [0.29, 0.717) is 0 Å². The second-order valence-corrected chi connectivity index (χ2v) is 5.13.